The third-order valence-electron chi connectivity index (χ3n) is 4.45. The first-order valence-electron chi connectivity index (χ1n) is 7.26. The molecule has 0 radical (unpaired) electrons. The Morgan fingerprint density at radius 3 is 2.64 bits per heavy atom. The van der Waals surface area contributed by atoms with Crippen LogP contribution in [0.5, 0.6) is 0 Å². The molecule has 0 bridgehead atoms. The Kier molecular flexibility index (Phi) is 4.54. The van der Waals surface area contributed by atoms with Crippen molar-refractivity contribution in [2.45, 2.75) is 51.5 Å². The van der Waals surface area contributed by atoms with Gasteiger partial charge in [-0.05, 0) is 31.6 Å². The van der Waals surface area contributed by atoms with Crippen LogP contribution in [-0.2, 0) is 19.1 Å². The number of fused-ring (bicyclic) bond motifs is 1. The molecule has 0 aromatic rings. The van der Waals surface area contributed by atoms with Crippen LogP contribution in [0.1, 0.15) is 33.1 Å². The lowest BCUT2D eigenvalue weighted by atomic mass is 9.84. The molecule has 0 N–H and O–H groups in total. The predicted octanol–water partition coefficient (Wildman–Crippen LogP) is 3.01. The number of halogens is 3. The van der Waals surface area contributed by atoms with Crippen molar-refractivity contribution in [2.75, 3.05) is 0 Å². The molecule has 5 atom stereocenters. The van der Waals surface area contributed by atoms with Gasteiger partial charge < -0.3 is 9.47 Å². The molecule has 5 unspecified atom stereocenters. The molecule has 2 rings (SSSR count). The summed E-state index contributed by atoms with van der Waals surface area (Å²) in [4.78, 5) is 23.1. The summed E-state index contributed by atoms with van der Waals surface area (Å²) >= 11 is 0. The average molecular weight is 320 g/mol. The van der Waals surface area contributed by atoms with E-state index in [0.717, 1.165) is 12.8 Å². The molecule has 0 amide bonds. The lowest BCUT2D eigenvalue weighted by Gasteiger charge is -2.36. The fourth-order valence-electron chi connectivity index (χ4n) is 3.45. The Balaban J connectivity index is 2.05. The second-order valence-electron chi connectivity index (χ2n) is 6.25. The van der Waals surface area contributed by atoms with E-state index in [-0.39, 0.29) is 11.8 Å². The number of hydrogen-bond acceptors (Lipinski definition) is 4. The van der Waals surface area contributed by atoms with E-state index in [4.69, 9.17) is 9.47 Å². The number of esters is 2. The second kappa shape index (κ2) is 5.93. The first-order chi connectivity index (χ1) is 10.1. The third-order valence-corrected chi connectivity index (χ3v) is 4.45. The largest absolute Gasteiger partial charge is 0.458 e. The van der Waals surface area contributed by atoms with Gasteiger partial charge in [0.05, 0.1) is 0 Å². The van der Waals surface area contributed by atoms with Crippen LogP contribution in [0, 0.1) is 17.8 Å². The number of rotatable bonds is 3. The molecule has 0 aromatic heterocycles. The molecule has 0 spiro atoms. The number of alkyl halides is 3. The molecule has 1 saturated carbocycles. The van der Waals surface area contributed by atoms with Crippen molar-refractivity contribution in [2.24, 2.45) is 17.8 Å². The molecule has 1 heterocycles. The van der Waals surface area contributed by atoms with Crippen LogP contribution in [0.25, 0.3) is 0 Å². The molecule has 1 aliphatic carbocycles. The maximum absolute atomic E-state index is 12.4. The van der Waals surface area contributed by atoms with E-state index in [9.17, 15) is 22.8 Å². The summed E-state index contributed by atoms with van der Waals surface area (Å²) < 4.78 is 47.4. The van der Waals surface area contributed by atoms with Gasteiger partial charge in [-0.1, -0.05) is 13.5 Å². The summed E-state index contributed by atoms with van der Waals surface area (Å²) in [6, 6.07) is 0. The van der Waals surface area contributed by atoms with Gasteiger partial charge in [0.15, 0.2) is 0 Å². The molecule has 4 nitrogen and oxygen atoms in total. The maximum atomic E-state index is 12.4. The van der Waals surface area contributed by atoms with Crippen molar-refractivity contribution in [3.05, 3.63) is 12.2 Å². The highest BCUT2D eigenvalue weighted by Crippen LogP contribution is 2.45. The van der Waals surface area contributed by atoms with Crippen LogP contribution < -0.4 is 0 Å². The minimum atomic E-state index is -4.83. The summed E-state index contributed by atoms with van der Waals surface area (Å²) in [6.07, 6.45) is -4.45. The van der Waals surface area contributed by atoms with E-state index in [0.29, 0.717) is 12.3 Å². The maximum Gasteiger partial charge on any atom is 0.422 e. The zero-order valence-corrected chi connectivity index (χ0v) is 12.5. The van der Waals surface area contributed by atoms with Gasteiger partial charge in [-0.25, -0.2) is 4.79 Å². The summed E-state index contributed by atoms with van der Waals surface area (Å²) in [5.74, 6) is -1.33. The topological polar surface area (TPSA) is 52.6 Å². The fraction of sp³-hybridized carbons (Fsp3) is 0.733. The molecule has 7 heteroatoms. The van der Waals surface area contributed by atoms with Crippen molar-refractivity contribution < 1.29 is 32.2 Å². The number of carbonyl (C=O) groups is 2. The number of carbonyl (C=O) groups excluding carboxylic acids is 2. The van der Waals surface area contributed by atoms with Crippen LogP contribution in [0.4, 0.5) is 13.2 Å². The summed E-state index contributed by atoms with van der Waals surface area (Å²) in [6.45, 7) is 6.22. The van der Waals surface area contributed by atoms with Gasteiger partial charge in [-0.15, -0.1) is 0 Å². The minimum absolute atomic E-state index is 0.0228. The first kappa shape index (κ1) is 16.8. The summed E-state index contributed by atoms with van der Waals surface area (Å²) in [5, 5.41) is 0. The molecule has 2 fully saturated rings. The highest BCUT2D eigenvalue weighted by molar-refractivity contribution is 5.89. The molecule has 2 aliphatic rings. The van der Waals surface area contributed by atoms with Crippen LogP contribution >= 0.6 is 0 Å². The van der Waals surface area contributed by atoms with Crippen molar-refractivity contribution in [1.82, 2.24) is 0 Å². The zero-order chi connectivity index (χ0) is 16.7. The Hall–Kier alpha value is -1.53. The van der Waals surface area contributed by atoms with Gasteiger partial charge in [-0.2, -0.15) is 13.2 Å². The van der Waals surface area contributed by atoms with Crippen LogP contribution in [0.15, 0.2) is 12.2 Å². The third kappa shape index (κ3) is 3.44. The SMILES string of the molecule is C=C(C(=O)OC(C)C1OC(=O)CC2CC(C)CC21)C(F)(F)F. The summed E-state index contributed by atoms with van der Waals surface area (Å²) in [7, 11) is 0. The van der Waals surface area contributed by atoms with Gasteiger partial charge in [0.1, 0.15) is 17.8 Å². The quantitative estimate of drug-likeness (QED) is 0.592. The van der Waals surface area contributed by atoms with E-state index in [2.05, 4.69) is 13.5 Å². The van der Waals surface area contributed by atoms with E-state index in [1.165, 1.54) is 6.92 Å². The number of cyclic esters (lactones) is 1. The normalized spacial score (nSPS) is 32.9. The molecular formula is C15H19F3O4. The molecule has 1 aliphatic heterocycles. The van der Waals surface area contributed by atoms with Gasteiger partial charge in [0.25, 0.3) is 0 Å². The van der Waals surface area contributed by atoms with Crippen molar-refractivity contribution in [1.29, 1.82) is 0 Å². The molecule has 1 saturated heterocycles. The minimum Gasteiger partial charge on any atom is -0.458 e. The molecule has 124 valence electrons. The van der Waals surface area contributed by atoms with E-state index < -0.39 is 35.9 Å². The highest BCUT2D eigenvalue weighted by Gasteiger charge is 2.47. The van der Waals surface area contributed by atoms with Gasteiger partial charge in [0, 0.05) is 12.3 Å². The number of ether oxygens (including phenoxy) is 2. The monoisotopic (exact) mass is 320 g/mol. The number of hydrogen-bond donors (Lipinski definition) is 0. The average Bonchev–Trinajstić information content (AvgIpc) is 2.75. The van der Waals surface area contributed by atoms with E-state index in [1.54, 1.807) is 0 Å². The van der Waals surface area contributed by atoms with Crippen LogP contribution in [0.2, 0.25) is 0 Å². The van der Waals surface area contributed by atoms with Crippen molar-refractivity contribution >= 4 is 11.9 Å². The Morgan fingerprint density at radius 1 is 1.41 bits per heavy atom. The van der Waals surface area contributed by atoms with E-state index in [1.807, 2.05) is 0 Å². The summed E-state index contributed by atoms with van der Waals surface area (Å²) in [5.41, 5.74) is -1.56. The van der Waals surface area contributed by atoms with Crippen LogP contribution in [-0.4, -0.2) is 30.3 Å². The molecule has 0 aromatic carbocycles. The van der Waals surface area contributed by atoms with E-state index >= 15 is 0 Å². The first-order valence-corrected chi connectivity index (χ1v) is 7.26. The van der Waals surface area contributed by atoms with Gasteiger partial charge in [0.2, 0.25) is 0 Å². The Morgan fingerprint density at radius 2 is 2.05 bits per heavy atom. The predicted molar refractivity (Wildman–Crippen MR) is 70.6 cm³/mol. The van der Waals surface area contributed by atoms with Crippen molar-refractivity contribution in [3.8, 4) is 0 Å². The Bertz CT molecular complexity index is 486. The highest BCUT2D eigenvalue weighted by atomic mass is 19.4. The smallest absolute Gasteiger partial charge is 0.422 e. The molecule has 22 heavy (non-hydrogen) atoms. The molecular weight excluding hydrogens is 301 g/mol. The van der Waals surface area contributed by atoms with Crippen molar-refractivity contribution in [3.63, 3.8) is 0 Å². The fourth-order valence-corrected chi connectivity index (χ4v) is 3.45. The standard InChI is InChI=1S/C15H19F3O4/c1-7-4-10-6-12(19)22-13(11(10)5-7)9(3)21-14(20)8(2)15(16,17)18/h7,9-11,13H,2,4-6H2,1,3H3. The van der Waals surface area contributed by atoms with Crippen LogP contribution in [0.3, 0.4) is 0 Å². The van der Waals surface area contributed by atoms with Gasteiger partial charge >= 0.3 is 18.1 Å². The lowest BCUT2D eigenvalue weighted by molar-refractivity contribution is -0.182. The Labute approximate surface area is 126 Å². The lowest BCUT2D eigenvalue weighted by Crippen LogP contribution is -2.45. The van der Waals surface area contributed by atoms with Gasteiger partial charge in [-0.3, -0.25) is 4.79 Å². The zero-order valence-electron chi connectivity index (χ0n) is 12.5. The second-order valence-corrected chi connectivity index (χ2v) is 6.25.